The van der Waals surface area contributed by atoms with Crippen molar-refractivity contribution in [1.82, 2.24) is 4.57 Å². The van der Waals surface area contributed by atoms with Crippen LogP contribution in [0, 0.1) is 6.92 Å². The highest BCUT2D eigenvalue weighted by Crippen LogP contribution is 2.19. The van der Waals surface area contributed by atoms with Crippen molar-refractivity contribution in [3.63, 3.8) is 0 Å². The molecular weight excluding hydrogens is 284 g/mol. The number of thiazole rings is 1. The second-order valence-corrected chi connectivity index (χ2v) is 5.48. The van der Waals surface area contributed by atoms with E-state index in [1.54, 1.807) is 24.7 Å². The fourth-order valence-electron chi connectivity index (χ4n) is 2.04. The fraction of sp³-hybridized carbons (Fsp3) is 0.188. The number of aryl methyl sites for hydroxylation is 1. The standard InChI is InChI=1S/C16H16N2O2S/c1-12-11-21-16(18(12)10-15-7-4-8-20-15)17-13-5-3-6-14(9-13)19-2/h3-9,11H,10H2,1-2H3. The molecule has 0 fully saturated rings. The van der Waals surface area contributed by atoms with E-state index in [9.17, 15) is 0 Å². The van der Waals surface area contributed by atoms with E-state index in [0.29, 0.717) is 6.54 Å². The maximum atomic E-state index is 5.43. The van der Waals surface area contributed by atoms with E-state index >= 15 is 0 Å². The summed E-state index contributed by atoms with van der Waals surface area (Å²) in [6, 6.07) is 11.6. The van der Waals surface area contributed by atoms with Crippen molar-refractivity contribution >= 4 is 17.0 Å². The minimum Gasteiger partial charge on any atom is -0.497 e. The summed E-state index contributed by atoms with van der Waals surface area (Å²) < 4.78 is 12.8. The molecule has 108 valence electrons. The molecule has 0 saturated heterocycles. The van der Waals surface area contributed by atoms with Crippen molar-refractivity contribution in [2.24, 2.45) is 4.99 Å². The first-order valence-corrected chi connectivity index (χ1v) is 7.50. The Morgan fingerprint density at radius 2 is 2.19 bits per heavy atom. The fourth-order valence-corrected chi connectivity index (χ4v) is 2.94. The normalized spacial score (nSPS) is 11.8. The molecule has 4 nitrogen and oxygen atoms in total. The van der Waals surface area contributed by atoms with Gasteiger partial charge in [-0.25, -0.2) is 4.99 Å². The molecule has 3 rings (SSSR count). The number of aromatic nitrogens is 1. The lowest BCUT2D eigenvalue weighted by Crippen LogP contribution is -2.16. The average molecular weight is 300 g/mol. The zero-order valence-electron chi connectivity index (χ0n) is 11.9. The molecule has 21 heavy (non-hydrogen) atoms. The molecule has 0 atom stereocenters. The summed E-state index contributed by atoms with van der Waals surface area (Å²) in [6.45, 7) is 2.76. The Morgan fingerprint density at radius 1 is 1.29 bits per heavy atom. The van der Waals surface area contributed by atoms with Crippen LogP contribution in [0.25, 0.3) is 0 Å². The number of methoxy groups -OCH3 is 1. The molecule has 2 heterocycles. The van der Waals surface area contributed by atoms with Crippen molar-refractivity contribution in [2.75, 3.05) is 7.11 Å². The summed E-state index contributed by atoms with van der Waals surface area (Å²) in [5.41, 5.74) is 2.04. The van der Waals surface area contributed by atoms with Crippen molar-refractivity contribution in [3.05, 3.63) is 64.3 Å². The van der Waals surface area contributed by atoms with Crippen LogP contribution in [0.1, 0.15) is 11.5 Å². The number of hydrogen-bond acceptors (Lipinski definition) is 4. The van der Waals surface area contributed by atoms with Gasteiger partial charge < -0.3 is 13.7 Å². The Bertz CT molecular complexity index is 785. The lowest BCUT2D eigenvalue weighted by molar-refractivity contribution is 0.415. The molecule has 0 N–H and O–H groups in total. The van der Waals surface area contributed by atoms with E-state index in [1.807, 2.05) is 36.4 Å². The monoisotopic (exact) mass is 300 g/mol. The molecule has 0 bridgehead atoms. The molecule has 0 spiro atoms. The van der Waals surface area contributed by atoms with Crippen LogP contribution < -0.4 is 9.54 Å². The Morgan fingerprint density at radius 3 is 2.95 bits per heavy atom. The van der Waals surface area contributed by atoms with Gasteiger partial charge >= 0.3 is 0 Å². The number of rotatable bonds is 4. The molecule has 2 aromatic heterocycles. The van der Waals surface area contributed by atoms with Gasteiger partial charge in [-0.1, -0.05) is 6.07 Å². The molecule has 0 radical (unpaired) electrons. The average Bonchev–Trinajstić information content (AvgIpc) is 3.13. The molecule has 0 saturated carbocycles. The van der Waals surface area contributed by atoms with E-state index in [0.717, 1.165) is 27.7 Å². The van der Waals surface area contributed by atoms with E-state index in [-0.39, 0.29) is 0 Å². The molecule has 0 aliphatic carbocycles. The second-order valence-electron chi connectivity index (χ2n) is 4.64. The summed E-state index contributed by atoms with van der Waals surface area (Å²) in [5.74, 6) is 1.73. The quantitative estimate of drug-likeness (QED) is 0.736. The summed E-state index contributed by atoms with van der Waals surface area (Å²) in [4.78, 5) is 5.65. The first kappa shape index (κ1) is 13.7. The number of hydrogen-bond donors (Lipinski definition) is 0. The Kier molecular flexibility index (Phi) is 3.92. The Hall–Kier alpha value is -2.27. The van der Waals surface area contributed by atoms with Gasteiger partial charge in [0.25, 0.3) is 0 Å². The van der Waals surface area contributed by atoms with Gasteiger partial charge in [0.15, 0.2) is 4.80 Å². The highest BCUT2D eigenvalue weighted by atomic mass is 32.1. The van der Waals surface area contributed by atoms with E-state index in [1.165, 1.54) is 0 Å². The lowest BCUT2D eigenvalue weighted by atomic mass is 10.3. The number of benzene rings is 1. The third-order valence-corrected chi connectivity index (χ3v) is 4.15. The lowest BCUT2D eigenvalue weighted by Gasteiger charge is -2.04. The van der Waals surface area contributed by atoms with Crippen LogP contribution in [0.2, 0.25) is 0 Å². The summed E-state index contributed by atoms with van der Waals surface area (Å²) in [5, 5.41) is 2.10. The van der Waals surface area contributed by atoms with Gasteiger partial charge in [0, 0.05) is 17.1 Å². The first-order valence-electron chi connectivity index (χ1n) is 6.62. The third-order valence-electron chi connectivity index (χ3n) is 3.16. The summed E-state index contributed by atoms with van der Waals surface area (Å²) in [6.07, 6.45) is 1.69. The molecule has 3 aromatic rings. The van der Waals surface area contributed by atoms with Crippen LogP contribution in [0.3, 0.4) is 0 Å². The number of nitrogens with zero attached hydrogens (tertiary/aromatic N) is 2. The van der Waals surface area contributed by atoms with Crippen LogP contribution in [0.5, 0.6) is 5.75 Å². The SMILES string of the molecule is COc1cccc(N=c2scc(C)n2Cc2ccco2)c1. The highest BCUT2D eigenvalue weighted by molar-refractivity contribution is 7.07. The zero-order valence-corrected chi connectivity index (χ0v) is 12.8. The minimum atomic E-state index is 0.686. The van der Waals surface area contributed by atoms with Crippen molar-refractivity contribution < 1.29 is 9.15 Å². The zero-order chi connectivity index (χ0) is 14.7. The van der Waals surface area contributed by atoms with E-state index in [2.05, 4.69) is 16.9 Å². The van der Waals surface area contributed by atoms with Crippen LogP contribution in [0.15, 0.2) is 57.5 Å². The topological polar surface area (TPSA) is 39.7 Å². The van der Waals surface area contributed by atoms with Gasteiger partial charge in [-0.2, -0.15) is 0 Å². The maximum absolute atomic E-state index is 5.43. The predicted molar refractivity (Wildman–Crippen MR) is 83.1 cm³/mol. The van der Waals surface area contributed by atoms with Crippen LogP contribution >= 0.6 is 11.3 Å². The van der Waals surface area contributed by atoms with Gasteiger partial charge in [0.05, 0.1) is 25.6 Å². The predicted octanol–water partition coefficient (Wildman–Crippen LogP) is 3.74. The molecule has 1 aromatic carbocycles. The molecule has 0 unspecified atom stereocenters. The van der Waals surface area contributed by atoms with Crippen molar-refractivity contribution in [2.45, 2.75) is 13.5 Å². The molecule has 5 heteroatoms. The molecule has 0 amide bonds. The Labute approximate surface area is 127 Å². The van der Waals surface area contributed by atoms with Crippen LogP contribution in [-0.4, -0.2) is 11.7 Å². The minimum absolute atomic E-state index is 0.686. The molecule has 0 aliphatic heterocycles. The Balaban J connectivity index is 2.00. The smallest absolute Gasteiger partial charge is 0.190 e. The number of ether oxygens (including phenoxy) is 1. The molecular formula is C16H16N2O2S. The maximum Gasteiger partial charge on any atom is 0.190 e. The van der Waals surface area contributed by atoms with Gasteiger partial charge in [0.1, 0.15) is 11.5 Å². The van der Waals surface area contributed by atoms with Gasteiger partial charge in [-0.15, -0.1) is 11.3 Å². The molecule has 0 aliphatic rings. The van der Waals surface area contributed by atoms with Gasteiger partial charge in [0.2, 0.25) is 0 Å². The van der Waals surface area contributed by atoms with Crippen molar-refractivity contribution in [3.8, 4) is 5.75 Å². The van der Waals surface area contributed by atoms with Gasteiger partial charge in [-0.05, 0) is 31.2 Å². The highest BCUT2D eigenvalue weighted by Gasteiger charge is 2.05. The van der Waals surface area contributed by atoms with E-state index < -0.39 is 0 Å². The van der Waals surface area contributed by atoms with Gasteiger partial charge in [-0.3, -0.25) is 0 Å². The van der Waals surface area contributed by atoms with Crippen LogP contribution in [0.4, 0.5) is 5.69 Å². The summed E-state index contributed by atoms with van der Waals surface area (Å²) in [7, 11) is 1.66. The van der Waals surface area contributed by atoms with Crippen LogP contribution in [-0.2, 0) is 6.54 Å². The van der Waals surface area contributed by atoms with E-state index in [4.69, 9.17) is 14.1 Å². The first-order chi connectivity index (χ1) is 10.3. The summed E-state index contributed by atoms with van der Waals surface area (Å²) >= 11 is 1.62. The van der Waals surface area contributed by atoms with Crippen molar-refractivity contribution in [1.29, 1.82) is 0 Å². The largest absolute Gasteiger partial charge is 0.497 e. The third kappa shape index (κ3) is 3.08. The number of furan rings is 1. The second kappa shape index (κ2) is 6.01.